The molecule has 0 aliphatic heterocycles. The van der Waals surface area contributed by atoms with Gasteiger partial charge in [0.15, 0.2) is 6.29 Å². The van der Waals surface area contributed by atoms with Crippen LogP contribution < -0.4 is 4.31 Å². The van der Waals surface area contributed by atoms with Gasteiger partial charge in [0.25, 0.3) is 10.0 Å². The van der Waals surface area contributed by atoms with E-state index in [2.05, 4.69) is 0 Å². The fourth-order valence-electron chi connectivity index (χ4n) is 2.72. The molecule has 0 aliphatic carbocycles. The molecular weight excluding hydrogens is 419 g/mol. The average Bonchev–Trinajstić information content (AvgIpc) is 2.70. The smallest absolute Gasteiger partial charge is 0.366 e. The number of carbonyl (C=O) groups excluding carboxylic acids is 1. The summed E-state index contributed by atoms with van der Waals surface area (Å²) in [5.74, 6) is 2.97. The van der Waals surface area contributed by atoms with Crippen molar-refractivity contribution in [1.82, 2.24) is 0 Å². The molecule has 0 aromatic heterocycles. The number of anilines is 1. The highest BCUT2D eigenvalue weighted by Crippen LogP contribution is 2.40. The van der Waals surface area contributed by atoms with Crippen LogP contribution in [0.1, 0.15) is 19.4 Å². The van der Waals surface area contributed by atoms with E-state index in [1.165, 1.54) is 42.3 Å². The number of carbonyl (C=O) groups is 1. The highest BCUT2D eigenvalue weighted by atomic mass is 32.2. The number of alkyl halides is 3. The molecule has 1 atom stereocenters. The van der Waals surface area contributed by atoms with Gasteiger partial charge in [0, 0.05) is 12.1 Å². The van der Waals surface area contributed by atoms with Crippen molar-refractivity contribution in [3.8, 4) is 11.8 Å². The minimum Gasteiger partial charge on any atom is -0.366 e. The molecule has 30 heavy (non-hydrogen) atoms. The number of hydrogen-bond donors (Lipinski definition) is 1. The molecule has 1 N–H and O–H groups in total. The van der Waals surface area contributed by atoms with Gasteiger partial charge in [-0.1, -0.05) is 44.2 Å². The molecule has 0 fully saturated rings. The zero-order valence-electron chi connectivity index (χ0n) is 16.2. The predicted octanol–water partition coefficient (Wildman–Crippen LogP) is 3.49. The lowest BCUT2D eigenvalue weighted by Gasteiger charge is -2.29. The van der Waals surface area contributed by atoms with Crippen molar-refractivity contribution in [2.45, 2.75) is 30.5 Å². The van der Waals surface area contributed by atoms with E-state index in [0.29, 0.717) is 0 Å². The first kappa shape index (κ1) is 23.4. The second kappa shape index (κ2) is 8.90. The summed E-state index contributed by atoms with van der Waals surface area (Å²) >= 11 is 0. The molecule has 0 bridgehead atoms. The Morgan fingerprint density at radius 3 is 2.27 bits per heavy atom. The van der Waals surface area contributed by atoms with Crippen LogP contribution in [0.15, 0.2) is 59.5 Å². The standard InChI is InChI=1S/C21H20F3NO4S/c1-16(2)15-25(30(28,29)19-10-4-3-5-11-19)18-9-6-8-17(14-18)20(27,12-7-13-26)21(22,23)24/h3-6,8-11,13-14,16,27H,15H2,1-2H3. The van der Waals surface area contributed by atoms with Gasteiger partial charge in [0.05, 0.1) is 10.6 Å². The number of nitrogens with zero attached hydrogens (tertiary/aromatic N) is 1. The number of hydrogen-bond acceptors (Lipinski definition) is 4. The SMILES string of the molecule is CC(C)CN(c1cccc(C(O)(C#CC=O)C(F)(F)F)c1)S(=O)(=O)c1ccccc1. The van der Waals surface area contributed by atoms with Gasteiger partial charge >= 0.3 is 6.18 Å². The quantitative estimate of drug-likeness (QED) is 0.552. The Morgan fingerprint density at radius 2 is 1.73 bits per heavy atom. The average molecular weight is 439 g/mol. The van der Waals surface area contributed by atoms with Crippen molar-refractivity contribution in [1.29, 1.82) is 0 Å². The minimum absolute atomic E-state index is 0.00879. The Hall–Kier alpha value is -2.83. The van der Waals surface area contributed by atoms with Gasteiger partial charge in [0.2, 0.25) is 5.60 Å². The Bertz CT molecular complexity index is 1060. The molecule has 0 aliphatic rings. The van der Waals surface area contributed by atoms with Gasteiger partial charge < -0.3 is 5.11 Å². The van der Waals surface area contributed by atoms with E-state index in [9.17, 15) is 31.5 Å². The lowest BCUT2D eigenvalue weighted by atomic mass is 9.93. The molecule has 0 spiro atoms. The molecule has 0 amide bonds. The van der Waals surface area contributed by atoms with Gasteiger partial charge in [-0.05, 0) is 42.0 Å². The maximum Gasteiger partial charge on any atom is 0.433 e. The lowest BCUT2D eigenvalue weighted by molar-refractivity contribution is -0.240. The molecule has 9 heteroatoms. The van der Waals surface area contributed by atoms with Crippen LogP contribution in [0.25, 0.3) is 0 Å². The van der Waals surface area contributed by atoms with Gasteiger partial charge in [-0.25, -0.2) is 8.42 Å². The largest absolute Gasteiger partial charge is 0.433 e. The molecule has 2 aromatic rings. The number of rotatable bonds is 6. The van der Waals surface area contributed by atoms with Crippen molar-refractivity contribution < 1.29 is 31.5 Å². The summed E-state index contributed by atoms with van der Waals surface area (Å²) in [5, 5.41) is 10.2. The lowest BCUT2D eigenvalue weighted by Crippen LogP contribution is -2.41. The Morgan fingerprint density at radius 1 is 1.10 bits per heavy atom. The summed E-state index contributed by atoms with van der Waals surface area (Å²) in [7, 11) is -4.09. The van der Waals surface area contributed by atoms with E-state index in [-0.39, 0.29) is 29.3 Å². The molecule has 1 unspecified atom stereocenters. The fraction of sp³-hybridized carbons (Fsp3) is 0.286. The molecule has 0 radical (unpaired) electrons. The number of aliphatic hydroxyl groups is 1. The molecule has 0 heterocycles. The van der Waals surface area contributed by atoms with E-state index in [1.807, 2.05) is 0 Å². The monoisotopic (exact) mass is 439 g/mol. The molecule has 2 aromatic carbocycles. The van der Waals surface area contributed by atoms with Crippen LogP contribution in [0, 0.1) is 17.8 Å². The topological polar surface area (TPSA) is 74.7 Å². The van der Waals surface area contributed by atoms with Crippen molar-refractivity contribution in [3.05, 3.63) is 60.2 Å². The van der Waals surface area contributed by atoms with Gasteiger partial charge in [-0.2, -0.15) is 13.2 Å². The second-order valence-electron chi connectivity index (χ2n) is 6.89. The first-order valence-electron chi connectivity index (χ1n) is 8.87. The predicted molar refractivity (Wildman–Crippen MR) is 106 cm³/mol. The highest BCUT2D eigenvalue weighted by molar-refractivity contribution is 7.92. The van der Waals surface area contributed by atoms with Crippen LogP contribution >= 0.6 is 0 Å². The summed E-state index contributed by atoms with van der Waals surface area (Å²) in [6.45, 7) is 3.52. The summed E-state index contributed by atoms with van der Waals surface area (Å²) in [6, 6.07) is 11.9. The van der Waals surface area contributed by atoms with Crippen molar-refractivity contribution >= 4 is 22.0 Å². The molecule has 5 nitrogen and oxygen atoms in total. The normalized spacial score (nSPS) is 13.8. The number of sulfonamides is 1. The van der Waals surface area contributed by atoms with Crippen LogP contribution in [0.5, 0.6) is 0 Å². The van der Waals surface area contributed by atoms with E-state index in [4.69, 9.17) is 0 Å². The first-order chi connectivity index (χ1) is 13.9. The van der Waals surface area contributed by atoms with E-state index >= 15 is 0 Å². The summed E-state index contributed by atoms with van der Waals surface area (Å²) in [6.07, 6.45) is -5.28. The summed E-state index contributed by atoms with van der Waals surface area (Å²) < 4.78 is 68.0. The third-order valence-electron chi connectivity index (χ3n) is 4.14. The Balaban J connectivity index is 2.67. The molecule has 160 valence electrons. The highest BCUT2D eigenvalue weighted by Gasteiger charge is 2.54. The fourth-order valence-corrected chi connectivity index (χ4v) is 4.36. The summed E-state index contributed by atoms with van der Waals surface area (Å²) in [5.41, 5.74) is -4.40. The van der Waals surface area contributed by atoms with E-state index < -0.39 is 27.4 Å². The minimum atomic E-state index is -5.22. The molecule has 2 rings (SSSR count). The van der Waals surface area contributed by atoms with E-state index in [0.717, 1.165) is 16.4 Å². The molecular formula is C21H20F3NO4S. The zero-order valence-corrected chi connectivity index (χ0v) is 17.0. The van der Waals surface area contributed by atoms with Crippen LogP contribution in [0.2, 0.25) is 0 Å². The van der Waals surface area contributed by atoms with Gasteiger partial charge in [-0.15, -0.1) is 0 Å². The third kappa shape index (κ3) is 4.83. The van der Waals surface area contributed by atoms with Crippen molar-refractivity contribution in [3.63, 3.8) is 0 Å². The van der Waals surface area contributed by atoms with Gasteiger partial charge in [0.1, 0.15) is 0 Å². The molecule has 0 saturated heterocycles. The first-order valence-corrected chi connectivity index (χ1v) is 10.3. The zero-order chi connectivity index (χ0) is 22.6. The summed E-state index contributed by atoms with van der Waals surface area (Å²) in [4.78, 5) is 10.4. The van der Waals surface area contributed by atoms with E-state index in [1.54, 1.807) is 25.8 Å². The maximum absolute atomic E-state index is 13.6. The van der Waals surface area contributed by atoms with Crippen LogP contribution in [0.3, 0.4) is 0 Å². The Labute approximate surface area is 173 Å². The van der Waals surface area contributed by atoms with Gasteiger partial charge in [-0.3, -0.25) is 9.10 Å². The number of aldehydes is 1. The second-order valence-corrected chi connectivity index (χ2v) is 8.75. The van der Waals surface area contributed by atoms with Crippen molar-refractivity contribution in [2.75, 3.05) is 10.8 Å². The van der Waals surface area contributed by atoms with Crippen LogP contribution in [0.4, 0.5) is 18.9 Å². The van der Waals surface area contributed by atoms with Crippen molar-refractivity contribution in [2.24, 2.45) is 5.92 Å². The Kier molecular flexibility index (Phi) is 6.95. The number of halogens is 3. The third-order valence-corrected chi connectivity index (χ3v) is 5.94. The van der Waals surface area contributed by atoms with Crippen LogP contribution in [-0.2, 0) is 20.4 Å². The molecule has 0 saturated carbocycles. The maximum atomic E-state index is 13.6. The number of benzene rings is 2. The van der Waals surface area contributed by atoms with Crippen LogP contribution in [-0.4, -0.2) is 32.5 Å².